The van der Waals surface area contributed by atoms with Crippen molar-refractivity contribution in [3.63, 3.8) is 0 Å². The predicted molar refractivity (Wildman–Crippen MR) is 70.0 cm³/mol. The van der Waals surface area contributed by atoms with E-state index in [2.05, 4.69) is 5.32 Å². The molecule has 1 amide bonds. The summed E-state index contributed by atoms with van der Waals surface area (Å²) in [6.07, 6.45) is 0.831. The normalized spacial score (nSPS) is 23.1. The molecule has 2 rings (SSSR count). The molecule has 3 nitrogen and oxygen atoms in total. The van der Waals surface area contributed by atoms with Gasteiger partial charge in [0.2, 0.25) is 5.91 Å². The van der Waals surface area contributed by atoms with E-state index in [1.165, 1.54) is 12.1 Å². The third kappa shape index (κ3) is 2.38. The maximum Gasteiger partial charge on any atom is 0.234 e. The van der Waals surface area contributed by atoms with Crippen LogP contribution in [0.3, 0.4) is 0 Å². The fourth-order valence-electron chi connectivity index (χ4n) is 2.41. The van der Waals surface area contributed by atoms with Crippen LogP contribution in [0.25, 0.3) is 0 Å². The summed E-state index contributed by atoms with van der Waals surface area (Å²) in [5.41, 5.74) is 0.262. The van der Waals surface area contributed by atoms with Gasteiger partial charge in [-0.05, 0) is 45.0 Å². The van der Waals surface area contributed by atoms with Crippen LogP contribution in [0.4, 0.5) is 10.1 Å². The van der Waals surface area contributed by atoms with Crippen molar-refractivity contribution in [2.24, 2.45) is 5.41 Å². The molecule has 0 aliphatic carbocycles. The van der Waals surface area contributed by atoms with Crippen molar-refractivity contribution in [2.75, 3.05) is 24.5 Å². The number of nitrogens with one attached hydrogen (secondary N) is 1. The number of carbonyl (C=O) groups excluding carboxylic acids is 1. The molecule has 1 aliphatic heterocycles. The van der Waals surface area contributed by atoms with Crippen molar-refractivity contribution >= 4 is 11.6 Å². The average Bonchev–Trinajstić information content (AvgIpc) is 2.78. The van der Waals surface area contributed by atoms with Crippen molar-refractivity contribution in [1.29, 1.82) is 0 Å². The fourth-order valence-corrected chi connectivity index (χ4v) is 2.41. The molecule has 1 aliphatic rings. The maximum absolute atomic E-state index is 13.2. The first-order valence-electron chi connectivity index (χ1n) is 6.35. The number of hydrogen-bond acceptors (Lipinski definition) is 2. The number of rotatable bonds is 3. The smallest absolute Gasteiger partial charge is 0.234 e. The minimum Gasteiger partial charge on any atom is -0.316 e. The van der Waals surface area contributed by atoms with Crippen LogP contribution in [0.1, 0.15) is 20.3 Å². The summed E-state index contributed by atoms with van der Waals surface area (Å²) in [7, 11) is 0. The van der Waals surface area contributed by atoms with Crippen LogP contribution < -0.4 is 10.2 Å². The molecule has 1 N–H and O–H groups in total. The number of halogens is 1. The molecule has 1 aromatic rings. The lowest BCUT2D eigenvalue weighted by molar-refractivity contribution is -0.126. The Kier molecular flexibility index (Phi) is 3.66. The van der Waals surface area contributed by atoms with Crippen molar-refractivity contribution in [3.05, 3.63) is 30.1 Å². The zero-order valence-corrected chi connectivity index (χ0v) is 10.9. The van der Waals surface area contributed by atoms with E-state index in [4.69, 9.17) is 0 Å². The largest absolute Gasteiger partial charge is 0.316 e. The minimum absolute atomic E-state index is 0.0700. The Hall–Kier alpha value is -1.42. The number of nitrogens with zero attached hydrogens (tertiary/aromatic N) is 1. The highest BCUT2D eigenvalue weighted by Gasteiger charge is 2.39. The second-order valence-corrected chi connectivity index (χ2v) is 5.02. The van der Waals surface area contributed by atoms with Gasteiger partial charge in [-0.1, -0.05) is 6.07 Å². The van der Waals surface area contributed by atoms with E-state index in [1.807, 2.05) is 13.8 Å². The van der Waals surface area contributed by atoms with Gasteiger partial charge in [-0.25, -0.2) is 4.39 Å². The molecule has 4 heteroatoms. The topological polar surface area (TPSA) is 32.3 Å². The fraction of sp³-hybridized carbons (Fsp3) is 0.500. The average molecular weight is 250 g/mol. The lowest BCUT2D eigenvalue weighted by Gasteiger charge is -2.30. The summed E-state index contributed by atoms with van der Waals surface area (Å²) in [6.45, 7) is 5.99. The van der Waals surface area contributed by atoms with E-state index in [0.717, 1.165) is 13.0 Å². The number of benzene rings is 1. The van der Waals surface area contributed by atoms with Crippen molar-refractivity contribution in [3.8, 4) is 0 Å². The van der Waals surface area contributed by atoms with Crippen molar-refractivity contribution < 1.29 is 9.18 Å². The quantitative estimate of drug-likeness (QED) is 0.891. The Balaban J connectivity index is 2.26. The number of hydrogen-bond donors (Lipinski definition) is 1. The van der Waals surface area contributed by atoms with Gasteiger partial charge < -0.3 is 10.2 Å². The molecule has 1 fully saturated rings. The Morgan fingerprint density at radius 2 is 2.33 bits per heavy atom. The van der Waals surface area contributed by atoms with E-state index in [0.29, 0.717) is 18.8 Å². The highest BCUT2D eigenvalue weighted by Crippen LogP contribution is 2.29. The first-order chi connectivity index (χ1) is 8.57. The second-order valence-electron chi connectivity index (χ2n) is 5.02. The number of carbonyl (C=O) groups is 1. The Labute approximate surface area is 107 Å². The van der Waals surface area contributed by atoms with Crippen LogP contribution in [0.15, 0.2) is 24.3 Å². The molecule has 0 saturated carbocycles. The molecule has 18 heavy (non-hydrogen) atoms. The van der Waals surface area contributed by atoms with E-state index in [-0.39, 0.29) is 17.1 Å². The highest BCUT2D eigenvalue weighted by molar-refractivity contribution is 5.97. The van der Waals surface area contributed by atoms with Crippen molar-refractivity contribution in [1.82, 2.24) is 5.32 Å². The molecule has 1 aromatic carbocycles. The summed E-state index contributed by atoms with van der Waals surface area (Å²) in [5, 5.41) is 3.21. The number of anilines is 1. The predicted octanol–water partition coefficient (Wildman–Crippen LogP) is 2.18. The lowest BCUT2D eigenvalue weighted by Crippen LogP contribution is -2.43. The summed E-state index contributed by atoms with van der Waals surface area (Å²) in [6, 6.07) is 6.21. The molecule has 0 bridgehead atoms. The summed E-state index contributed by atoms with van der Waals surface area (Å²) >= 11 is 0. The molecule has 0 spiro atoms. The molecule has 1 unspecified atom stereocenters. The first-order valence-corrected chi connectivity index (χ1v) is 6.35. The van der Waals surface area contributed by atoms with Gasteiger partial charge in [-0.2, -0.15) is 0 Å². The first kappa shape index (κ1) is 13.0. The maximum atomic E-state index is 13.2. The third-order valence-corrected chi connectivity index (χ3v) is 3.57. The van der Waals surface area contributed by atoms with Gasteiger partial charge in [0.25, 0.3) is 0 Å². The van der Waals surface area contributed by atoms with Gasteiger partial charge in [-0.15, -0.1) is 0 Å². The standard InChI is InChI=1S/C14H19FN2O/c1-3-17(12-6-4-5-11(15)9-12)13(18)14(2)7-8-16-10-14/h4-6,9,16H,3,7-8,10H2,1-2H3. The molecule has 1 saturated heterocycles. The second kappa shape index (κ2) is 5.06. The lowest BCUT2D eigenvalue weighted by atomic mass is 9.88. The van der Waals surface area contributed by atoms with Crippen LogP contribution in [0.5, 0.6) is 0 Å². The van der Waals surface area contributed by atoms with Crippen LogP contribution >= 0.6 is 0 Å². The molecule has 98 valence electrons. The summed E-state index contributed by atoms with van der Waals surface area (Å²) < 4.78 is 13.2. The van der Waals surface area contributed by atoms with Crippen molar-refractivity contribution in [2.45, 2.75) is 20.3 Å². The van der Waals surface area contributed by atoms with E-state index in [1.54, 1.807) is 17.0 Å². The molecule has 1 atom stereocenters. The van der Waals surface area contributed by atoms with Crippen LogP contribution in [-0.4, -0.2) is 25.5 Å². The van der Waals surface area contributed by atoms with Gasteiger partial charge in [0.15, 0.2) is 0 Å². The Morgan fingerprint density at radius 1 is 1.56 bits per heavy atom. The van der Waals surface area contributed by atoms with E-state index >= 15 is 0 Å². The van der Waals surface area contributed by atoms with Gasteiger partial charge >= 0.3 is 0 Å². The van der Waals surface area contributed by atoms with Crippen LogP contribution in [0.2, 0.25) is 0 Å². The van der Waals surface area contributed by atoms with Gasteiger partial charge in [0.1, 0.15) is 5.82 Å². The SMILES string of the molecule is CCN(C(=O)C1(C)CCNC1)c1cccc(F)c1. The van der Waals surface area contributed by atoms with E-state index in [9.17, 15) is 9.18 Å². The molecule has 0 radical (unpaired) electrons. The zero-order chi connectivity index (χ0) is 13.2. The highest BCUT2D eigenvalue weighted by atomic mass is 19.1. The summed E-state index contributed by atoms with van der Waals surface area (Å²) in [4.78, 5) is 14.2. The Morgan fingerprint density at radius 3 is 2.89 bits per heavy atom. The molecular weight excluding hydrogens is 231 g/mol. The van der Waals surface area contributed by atoms with Crippen LogP contribution in [-0.2, 0) is 4.79 Å². The minimum atomic E-state index is -0.373. The molecular formula is C14H19FN2O. The van der Waals surface area contributed by atoms with Crippen LogP contribution in [0, 0.1) is 11.2 Å². The molecule has 0 aromatic heterocycles. The van der Waals surface area contributed by atoms with Gasteiger partial charge in [-0.3, -0.25) is 4.79 Å². The summed E-state index contributed by atoms with van der Waals surface area (Å²) in [5.74, 6) is -0.242. The van der Waals surface area contributed by atoms with Gasteiger partial charge in [0.05, 0.1) is 5.41 Å². The zero-order valence-electron chi connectivity index (χ0n) is 10.9. The van der Waals surface area contributed by atoms with Gasteiger partial charge in [0, 0.05) is 18.8 Å². The monoisotopic (exact) mass is 250 g/mol. The Bertz CT molecular complexity index is 441. The molecule has 1 heterocycles. The third-order valence-electron chi connectivity index (χ3n) is 3.57. The number of amides is 1. The van der Waals surface area contributed by atoms with E-state index < -0.39 is 0 Å².